The van der Waals surface area contributed by atoms with Gasteiger partial charge < -0.3 is 0 Å². The first kappa shape index (κ1) is 10.3. The molecular formula is C13H20. The fourth-order valence-electron chi connectivity index (χ4n) is 1.92. The Morgan fingerprint density at radius 1 is 1.15 bits per heavy atom. The van der Waals surface area contributed by atoms with Crippen molar-refractivity contribution in [2.45, 2.75) is 40.0 Å². The molecule has 0 atom stereocenters. The Balaban J connectivity index is 2.94. The Kier molecular flexibility index (Phi) is 3.13. The Labute approximate surface area is 82.0 Å². The second-order valence-corrected chi connectivity index (χ2v) is 4.27. The van der Waals surface area contributed by atoms with Crippen molar-refractivity contribution in [3.05, 3.63) is 35.5 Å². The molecule has 0 saturated heterocycles. The topological polar surface area (TPSA) is 0 Å². The fraction of sp³-hybridized carbons (Fsp3) is 0.538. The molecule has 1 aliphatic carbocycles. The van der Waals surface area contributed by atoms with Crippen LogP contribution >= 0.6 is 0 Å². The van der Waals surface area contributed by atoms with Crippen molar-refractivity contribution in [2.24, 2.45) is 5.92 Å². The summed E-state index contributed by atoms with van der Waals surface area (Å²) in [7, 11) is 0. The van der Waals surface area contributed by atoms with Gasteiger partial charge in [0.1, 0.15) is 0 Å². The molecule has 0 spiro atoms. The van der Waals surface area contributed by atoms with Crippen LogP contribution in [0.25, 0.3) is 0 Å². The van der Waals surface area contributed by atoms with Crippen molar-refractivity contribution < 1.29 is 0 Å². The lowest BCUT2D eigenvalue weighted by Crippen LogP contribution is -1.97. The van der Waals surface area contributed by atoms with Gasteiger partial charge in [-0.15, -0.1) is 0 Å². The molecule has 0 aromatic carbocycles. The molecule has 0 unspecified atom stereocenters. The first-order valence-corrected chi connectivity index (χ1v) is 5.11. The molecule has 13 heavy (non-hydrogen) atoms. The minimum atomic E-state index is 0.572. The van der Waals surface area contributed by atoms with Crippen molar-refractivity contribution >= 4 is 0 Å². The third kappa shape index (κ3) is 2.12. The molecule has 0 aliphatic heterocycles. The van der Waals surface area contributed by atoms with Crippen molar-refractivity contribution in [2.75, 3.05) is 0 Å². The smallest absolute Gasteiger partial charge is 0.0222 e. The molecule has 0 radical (unpaired) electrons. The van der Waals surface area contributed by atoms with E-state index in [2.05, 4.69) is 33.9 Å². The zero-order valence-electron chi connectivity index (χ0n) is 9.11. The lowest BCUT2D eigenvalue weighted by molar-refractivity contribution is 0.766. The molecule has 0 nitrogen and oxygen atoms in total. The summed E-state index contributed by atoms with van der Waals surface area (Å²) < 4.78 is 0. The van der Waals surface area contributed by atoms with Gasteiger partial charge in [0.25, 0.3) is 0 Å². The predicted octanol–water partition coefficient (Wildman–Crippen LogP) is 4.26. The van der Waals surface area contributed by atoms with E-state index in [9.17, 15) is 0 Å². The summed E-state index contributed by atoms with van der Waals surface area (Å²) in [6.45, 7) is 14.7. The Hall–Kier alpha value is -0.780. The third-order valence-electron chi connectivity index (χ3n) is 2.82. The number of hydrogen-bond acceptors (Lipinski definition) is 0. The lowest BCUT2D eigenvalue weighted by atomic mass is 9.92. The maximum Gasteiger partial charge on any atom is -0.0222 e. The Morgan fingerprint density at radius 3 is 2.15 bits per heavy atom. The molecule has 0 fully saturated rings. The van der Waals surface area contributed by atoms with E-state index in [0.717, 1.165) is 0 Å². The first-order valence-electron chi connectivity index (χ1n) is 5.11. The molecule has 0 heterocycles. The summed E-state index contributed by atoms with van der Waals surface area (Å²) in [5.41, 5.74) is 5.51. The van der Waals surface area contributed by atoms with Gasteiger partial charge in [0.2, 0.25) is 0 Å². The molecule has 0 saturated carbocycles. The SMILES string of the molecule is C=C(C)C1=C(C(=C)C(C)C)CCC1. The van der Waals surface area contributed by atoms with Crippen LogP contribution in [-0.2, 0) is 0 Å². The number of allylic oxidation sites excluding steroid dienone is 4. The van der Waals surface area contributed by atoms with Crippen LogP contribution < -0.4 is 0 Å². The third-order valence-corrected chi connectivity index (χ3v) is 2.82. The van der Waals surface area contributed by atoms with Gasteiger partial charge in [-0.05, 0) is 48.8 Å². The molecule has 0 amide bonds. The second-order valence-electron chi connectivity index (χ2n) is 4.27. The molecular weight excluding hydrogens is 156 g/mol. The zero-order valence-corrected chi connectivity index (χ0v) is 9.11. The average molecular weight is 176 g/mol. The van der Waals surface area contributed by atoms with Gasteiger partial charge in [0.15, 0.2) is 0 Å². The minimum Gasteiger partial charge on any atom is -0.0958 e. The van der Waals surface area contributed by atoms with Crippen LogP contribution in [0.5, 0.6) is 0 Å². The monoisotopic (exact) mass is 176 g/mol. The van der Waals surface area contributed by atoms with E-state index in [1.165, 1.54) is 41.6 Å². The van der Waals surface area contributed by atoms with Gasteiger partial charge >= 0.3 is 0 Å². The molecule has 72 valence electrons. The molecule has 0 heteroatoms. The van der Waals surface area contributed by atoms with Crippen LogP contribution in [0.15, 0.2) is 35.5 Å². The van der Waals surface area contributed by atoms with Crippen molar-refractivity contribution in [3.63, 3.8) is 0 Å². The molecule has 1 rings (SSSR count). The summed E-state index contributed by atoms with van der Waals surface area (Å²) in [6.07, 6.45) is 3.69. The van der Waals surface area contributed by atoms with Crippen LogP contribution in [0.3, 0.4) is 0 Å². The van der Waals surface area contributed by atoms with Crippen LogP contribution in [0.4, 0.5) is 0 Å². The highest BCUT2D eigenvalue weighted by Gasteiger charge is 2.18. The van der Waals surface area contributed by atoms with E-state index < -0.39 is 0 Å². The fourth-order valence-corrected chi connectivity index (χ4v) is 1.92. The van der Waals surface area contributed by atoms with Gasteiger partial charge in [0.05, 0.1) is 0 Å². The highest BCUT2D eigenvalue weighted by atomic mass is 14.2. The quantitative estimate of drug-likeness (QED) is 0.603. The summed E-state index contributed by atoms with van der Waals surface area (Å²) in [5.74, 6) is 0.572. The molecule has 1 aliphatic rings. The van der Waals surface area contributed by atoms with Gasteiger partial charge in [0, 0.05) is 0 Å². The number of rotatable bonds is 3. The molecule has 0 bridgehead atoms. The van der Waals surface area contributed by atoms with Gasteiger partial charge in [-0.2, -0.15) is 0 Å². The Morgan fingerprint density at radius 2 is 1.69 bits per heavy atom. The summed E-state index contributed by atoms with van der Waals surface area (Å²) in [5, 5.41) is 0. The predicted molar refractivity (Wildman–Crippen MR) is 59.7 cm³/mol. The van der Waals surface area contributed by atoms with E-state index in [1.54, 1.807) is 0 Å². The summed E-state index contributed by atoms with van der Waals surface area (Å²) in [6, 6.07) is 0. The minimum absolute atomic E-state index is 0.572. The van der Waals surface area contributed by atoms with E-state index >= 15 is 0 Å². The second kappa shape index (κ2) is 3.95. The lowest BCUT2D eigenvalue weighted by Gasteiger charge is -2.13. The van der Waals surface area contributed by atoms with Crippen LogP contribution in [0.1, 0.15) is 40.0 Å². The number of hydrogen-bond donors (Lipinski definition) is 0. The normalized spacial score (nSPS) is 16.9. The van der Waals surface area contributed by atoms with Crippen LogP contribution in [0, 0.1) is 5.92 Å². The Bertz CT molecular complexity index is 264. The zero-order chi connectivity index (χ0) is 10.0. The van der Waals surface area contributed by atoms with E-state index in [0.29, 0.717) is 5.92 Å². The highest BCUT2D eigenvalue weighted by molar-refractivity contribution is 5.45. The first-order chi connectivity index (χ1) is 6.04. The van der Waals surface area contributed by atoms with Gasteiger partial charge in [-0.25, -0.2) is 0 Å². The standard InChI is InChI=1S/C13H20/c1-9(2)11(5)13-8-6-7-12(13)10(3)4/h9H,3,5-8H2,1-2,4H3. The van der Waals surface area contributed by atoms with E-state index in [4.69, 9.17) is 0 Å². The summed E-state index contributed by atoms with van der Waals surface area (Å²) in [4.78, 5) is 0. The average Bonchev–Trinajstić information content (AvgIpc) is 2.50. The molecule has 0 N–H and O–H groups in total. The van der Waals surface area contributed by atoms with Crippen molar-refractivity contribution in [1.82, 2.24) is 0 Å². The maximum absolute atomic E-state index is 4.17. The van der Waals surface area contributed by atoms with E-state index in [1.807, 2.05) is 0 Å². The largest absolute Gasteiger partial charge is 0.0958 e. The molecule has 0 aromatic rings. The maximum atomic E-state index is 4.17. The highest BCUT2D eigenvalue weighted by Crippen LogP contribution is 2.36. The molecule has 0 aromatic heterocycles. The van der Waals surface area contributed by atoms with Crippen LogP contribution in [0.2, 0.25) is 0 Å². The van der Waals surface area contributed by atoms with Gasteiger partial charge in [-0.1, -0.05) is 32.6 Å². The van der Waals surface area contributed by atoms with Crippen LogP contribution in [-0.4, -0.2) is 0 Å². The summed E-state index contributed by atoms with van der Waals surface area (Å²) >= 11 is 0. The van der Waals surface area contributed by atoms with Crippen molar-refractivity contribution in [3.8, 4) is 0 Å². The van der Waals surface area contributed by atoms with Gasteiger partial charge in [-0.3, -0.25) is 0 Å². The van der Waals surface area contributed by atoms with Crippen molar-refractivity contribution in [1.29, 1.82) is 0 Å². The van der Waals surface area contributed by atoms with E-state index in [-0.39, 0.29) is 0 Å².